The van der Waals surface area contributed by atoms with E-state index in [-0.39, 0.29) is 35.4 Å². The van der Waals surface area contributed by atoms with E-state index in [1.807, 2.05) is 10.7 Å². The number of aliphatic hydroxyl groups excluding tert-OH is 1. The van der Waals surface area contributed by atoms with Crippen LogP contribution in [0.15, 0.2) is 35.5 Å². The van der Waals surface area contributed by atoms with Gasteiger partial charge in [0.1, 0.15) is 11.6 Å². The predicted molar refractivity (Wildman–Crippen MR) is 142 cm³/mol. The van der Waals surface area contributed by atoms with Crippen molar-refractivity contribution in [2.75, 3.05) is 43.3 Å². The van der Waals surface area contributed by atoms with Gasteiger partial charge in [0.2, 0.25) is 11.8 Å². The van der Waals surface area contributed by atoms with E-state index < -0.39 is 15.3 Å². The second kappa shape index (κ2) is 9.28. The van der Waals surface area contributed by atoms with Crippen molar-refractivity contribution in [2.45, 2.75) is 43.2 Å². The molecule has 6 rings (SSSR count). The fraction of sp³-hybridized carbons (Fsp3) is 0.462. The molecule has 2 fully saturated rings. The zero-order valence-electron chi connectivity index (χ0n) is 21.7. The Morgan fingerprint density at radius 2 is 1.97 bits per heavy atom. The highest BCUT2D eigenvalue weighted by atomic mass is 32.2. The summed E-state index contributed by atoms with van der Waals surface area (Å²) in [5.74, 6) is 0.949. The van der Waals surface area contributed by atoms with Crippen molar-refractivity contribution in [3.63, 3.8) is 0 Å². The number of hydrogen-bond acceptors (Lipinski definition) is 10. The molecule has 2 aliphatic heterocycles. The van der Waals surface area contributed by atoms with Crippen LogP contribution in [-0.2, 0) is 31.3 Å². The average molecular weight is 555 g/mol. The number of hydrogen-bond donors (Lipinski definition) is 3. The Labute approximate surface area is 225 Å². The second-order valence-corrected chi connectivity index (χ2v) is 12.8. The quantitative estimate of drug-likeness (QED) is 0.396. The third-order valence-electron chi connectivity index (χ3n) is 7.66. The van der Waals surface area contributed by atoms with Gasteiger partial charge < -0.3 is 25.2 Å². The summed E-state index contributed by atoms with van der Waals surface area (Å²) in [6.45, 7) is 3.38. The van der Waals surface area contributed by atoms with Crippen LogP contribution in [0.5, 0.6) is 5.88 Å². The van der Waals surface area contributed by atoms with Gasteiger partial charge in [-0.15, -0.1) is 0 Å². The number of rotatable bonds is 7. The number of carbonyl (C=O) groups is 1. The number of aromatic nitrogens is 4. The smallest absolute Gasteiger partial charge is 0.222 e. The van der Waals surface area contributed by atoms with Gasteiger partial charge in [0.05, 0.1) is 37.7 Å². The highest BCUT2D eigenvalue weighted by molar-refractivity contribution is 7.90. The number of nitrogens with zero attached hydrogens (tertiary/aromatic N) is 4. The van der Waals surface area contributed by atoms with Crippen molar-refractivity contribution in [2.24, 2.45) is 5.41 Å². The highest BCUT2D eigenvalue weighted by Crippen LogP contribution is 2.50. The molecule has 1 amide bonds. The van der Waals surface area contributed by atoms with Crippen molar-refractivity contribution in [3.05, 3.63) is 36.0 Å². The number of fused-ring (bicyclic) bond motifs is 1. The summed E-state index contributed by atoms with van der Waals surface area (Å²) in [5.41, 5.74) is 1.79. The Kier molecular flexibility index (Phi) is 6.12. The highest BCUT2D eigenvalue weighted by Gasteiger charge is 2.47. The molecule has 1 spiro atoms. The Morgan fingerprint density at radius 1 is 1.15 bits per heavy atom. The Bertz CT molecular complexity index is 1560. The van der Waals surface area contributed by atoms with Crippen LogP contribution >= 0.6 is 0 Å². The standard InChI is InChI=1S/C26H30N6O6S/c1-16(34)28-21-9-19(18(11-27-21)20-10-24-32(31-20)12-25(3-4-25)14-38-24)29-22-7-17(8-23(30-22)39(2,35)36)26(13-33)5-6-37-15-26/h7-11,33H,3-6,12-15H2,1-2H3,(H2,27,28,29,30,34). The van der Waals surface area contributed by atoms with Crippen molar-refractivity contribution >= 4 is 33.1 Å². The van der Waals surface area contributed by atoms with Gasteiger partial charge in [-0.25, -0.2) is 23.1 Å². The van der Waals surface area contributed by atoms with Crippen LogP contribution in [-0.4, -0.2) is 71.9 Å². The number of anilines is 3. The van der Waals surface area contributed by atoms with Crippen molar-refractivity contribution < 1.29 is 27.8 Å². The maximum Gasteiger partial charge on any atom is 0.222 e. The summed E-state index contributed by atoms with van der Waals surface area (Å²) in [6, 6.07) is 6.71. The van der Waals surface area contributed by atoms with Crippen molar-refractivity contribution in [1.29, 1.82) is 0 Å². The van der Waals surface area contributed by atoms with Crippen LogP contribution in [0.3, 0.4) is 0 Å². The molecule has 13 heteroatoms. The summed E-state index contributed by atoms with van der Waals surface area (Å²) in [4.78, 5) is 20.5. The molecule has 3 aliphatic rings. The van der Waals surface area contributed by atoms with E-state index in [1.54, 1.807) is 18.3 Å². The van der Waals surface area contributed by atoms with E-state index in [0.717, 1.165) is 25.6 Å². The third-order valence-corrected chi connectivity index (χ3v) is 8.63. The van der Waals surface area contributed by atoms with E-state index in [9.17, 15) is 18.3 Å². The largest absolute Gasteiger partial charge is 0.477 e. The second-order valence-electron chi connectivity index (χ2n) is 10.8. The first kappa shape index (κ1) is 25.7. The molecular formula is C26H30N6O6S. The van der Waals surface area contributed by atoms with E-state index in [2.05, 4.69) is 20.6 Å². The summed E-state index contributed by atoms with van der Waals surface area (Å²) >= 11 is 0. The van der Waals surface area contributed by atoms with E-state index in [4.69, 9.17) is 14.6 Å². The van der Waals surface area contributed by atoms with Gasteiger partial charge in [0.15, 0.2) is 14.9 Å². The molecule has 0 aromatic carbocycles. The zero-order chi connectivity index (χ0) is 27.4. The average Bonchev–Trinajstić information content (AvgIpc) is 3.26. The molecule has 3 aromatic rings. The molecule has 206 valence electrons. The number of amides is 1. The van der Waals surface area contributed by atoms with Crippen molar-refractivity contribution in [3.8, 4) is 17.1 Å². The summed E-state index contributed by atoms with van der Waals surface area (Å²) < 4.78 is 38.5. The predicted octanol–water partition coefficient (Wildman–Crippen LogP) is 2.27. The van der Waals surface area contributed by atoms with Crippen LogP contribution in [0.25, 0.3) is 11.3 Å². The van der Waals surface area contributed by atoms with Gasteiger partial charge in [-0.3, -0.25) is 4.79 Å². The molecule has 0 radical (unpaired) electrons. The monoisotopic (exact) mass is 554 g/mol. The van der Waals surface area contributed by atoms with Gasteiger partial charge in [-0.05, 0) is 37.0 Å². The fourth-order valence-corrected chi connectivity index (χ4v) is 5.70. The Balaban J connectivity index is 1.43. The first-order valence-corrected chi connectivity index (χ1v) is 14.6. The lowest BCUT2D eigenvalue weighted by Crippen LogP contribution is -2.31. The Hall–Kier alpha value is -3.55. The van der Waals surface area contributed by atoms with E-state index >= 15 is 0 Å². The first-order valence-electron chi connectivity index (χ1n) is 12.8. The molecule has 3 N–H and O–H groups in total. The molecule has 1 unspecified atom stereocenters. The number of pyridine rings is 2. The van der Waals surface area contributed by atoms with Gasteiger partial charge in [-0.1, -0.05) is 0 Å². The molecule has 3 aromatic heterocycles. The van der Waals surface area contributed by atoms with E-state index in [0.29, 0.717) is 53.8 Å². The molecule has 1 saturated carbocycles. The number of carbonyl (C=O) groups excluding carboxylic acids is 1. The maximum atomic E-state index is 12.6. The molecule has 5 heterocycles. The third kappa shape index (κ3) is 4.97. The van der Waals surface area contributed by atoms with Crippen molar-refractivity contribution in [1.82, 2.24) is 19.7 Å². The minimum Gasteiger partial charge on any atom is -0.477 e. The molecule has 12 nitrogen and oxygen atoms in total. The number of aliphatic hydroxyl groups is 1. The summed E-state index contributed by atoms with van der Waals surface area (Å²) in [6.07, 6.45) is 5.47. The van der Waals surface area contributed by atoms with Gasteiger partial charge in [0.25, 0.3) is 0 Å². The lowest BCUT2D eigenvalue weighted by atomic mass is 9.81. The van der Waals surface area contributed by atoms with Crippen LogP contribution in [0.4, 0.5) is 17.3 Å². The SMILES string of the molecule is CC(=O)Nc1cc(Nc2cc(C3(CO)CCOC3)cc(S(C)(=O)=O)n2)c(-c2cc3n(n2)CC2(CC2)CO3)cn1. The maximum absolute atomic E-state index is 12.6. The number of nitrogens with one attached hydrogen (secondary N) is 2. The number of ether oxygens (including phenoxy) is 2. The molecule has 1 aliphatic carbocycles. The zero-order valence-corrected chi connectivity index (χ0v) is 22.5. The summed E-state index contributed by atoms with van der Waals surface area (Å²) in [5, 5.41) is 20.8. The van der Waals surface area contributed by atoms with Gasteiger partial charge in [0, 0.05) is 54.5 Å². The fourth-order valence-electron chi connectivity index (χ4n) is 5.10. The van der Waals surface area contributed by atoms with Crippen LogP contribution in [0.1, 0.15) is 31.7 Å². The molecule has 39 heavy (non-hydrogen) atoms. The molecule has 1 saturated heterocycles. The molecule has 1 atom stereocenters. The summed E-state index contributed by atoms with van der Waals surface area (Å²) in [7, 11) is -3.67. The lowest BCUT2D eigenvalue weighted by molar-refractivity contribution is -0.114. The molecular weight excluding hydrogens is 524 g/mol. The molecule has 0 bridgehead atoms. The first-order chi connectivity index (χ1) is 18.6. The van der Waals surface area contributed by atoms with Crippen LogP contribution < -0.4 is 15.4 Å². The Morgan fingerprint density at radius 3 is 2.64 bits per heavy atom. The van der Waals surface area contributed by atoms with E-state index in [1.165, 1.54) is 13.0 Å². The minimum atomic E-state index is -3.67. The van der Waals surface area contributed by atoms with Gasteiger partial charge in [-0.2, -0.15) is 5.10 Å². The normalized spacial score (nSPS) is 21.3. The van der Waals surface area contributed by atoms with Gasteiger partial charge >= 0.3 is 0 Å². The minimum absolute atomic E-state index is 0.125. The lowest BCUT2D eigenvalue weighted by Gasteiger charge is -2.26. The van der Waals surface area contributed by atoms with Crippen LogP contribution in [0.2, 0.25) is 0 Å². The van der Waals surface area contributed by atoms with Crippen LogP contribution in [0, 0.1) is 5.41 Å². The number of sulfone groups is 1. The topological polar surface area (TPSA) is 158 Å².